The molecule has 9 nitrogen and oxygen atoms in total. The van der Waals surface area contributed by atoms with Crippen LogP contribution in [0.3, 0.4) is 0 Å². The van der Waals surface area contributed by atoms with E-state index < -0.39 is 16.7 Å². The largest absolute Gasteiger partial charge is 0.497 e. The number of ether oxygens (including phenoxy) is 1. The zero-order chi connectivity index (χ0) is 24.6. The molecule has 0 bridgehead atoms. The molecule has 0 spiro atoms. The van der Waals surface area contributed by atoms with Crippen LogP contribution in [0.4, 0.5) is 11.4 Å². The van der Waals surface area contributed by atoms with Gasteiger partial charge in [-0.3, -0.25) is 29.9 Å². The molecule has 4 rings (SSSR count). The number of hydrogen-bond acceptors (Lipinski definition) is 6. The zero-order valence-electron chi connectivity index (χ0n) is 18.6. The van der Waals surface area contributed by atoms with Crippen LogP contribution in [0, 0.1) is 24.0 Å². The lowest BCUT2D eigenvalue weighted by Crippen LogP contribution is -2.54. The Hall–Kier alpha value is -4.31. The van der Waals surface area contributed by atoms with Crippen LogP contribution in [0.2, 0.25) is 0 Å². The van der Waals surface area contributed by atoms with E-state index in [9.17, 15) is 19.7 Å². The van der Waals surface area contributed by atoms with Crippen LogP contribution < -0.4 is 15.0 Å². The van der Waals surface area contributed by atoms with E-state index in [1.807, 2.05) is 24.5 Å². The second-order valence-corrected chi connectivity index (χ2v) is 7.98. The number of aromatic nitrogens is 1. The fraction of sp³-hybridized carbons (Fsp3) is 0.125. The number of carbonyl (C=O) groups excluding carboxylic acids is 2. The first kappa shape index (κ1) is 22.9. The molecule has 0 saturated carbocycles. The Bertz CT molecular complexity index is 1370. The summed E-state index contributed by atoms with van der Waals surface area (Å²) in [5.41, 5.74) is 3.12. The van der Waals surface area contributed by atoms with Crippen molar-refractivity contribution < 1.29 is 19.2 Å². The summed E-state index contributed by atoms with van der Waals surface area (Å²) < 4.78 is 6.98. The van der Waals surface area contributed by atoms with E-state index in [2.05, 4.69) is 5.32 Å². The van der Waals surface area contributed by atoms with Crippen molar-refractivity contribution in [2.45, 2.75) is 13.8 Å². The summed E-state index contributed by atoms with van der Waals surface area (Å²) >= 11 is 5.25. The molecule has 1 aliphatic rings. The molecule has 3 aromatic rings. The topological polar surface area (TPSA) is 107 Å². The van der Waals surface area contributed by atoms with Crippen LogP contribution >= 0.6 is 12.2 Å². The van der Waals surface area contributed by atoms with Crippen LogP contribution in [-0.2, 0) is 9.59 Å². The van der Waals surface area contributed by atoms with Gasteiger partial charge in [0.2, 0.25) is 0 Å². The Labute approximate surface area is 200 Å². The molecule has 1 N–H and O–H groups in total. The number of amides is 2. The Balaban J connectivity index is 1.74. The summed E-state index contributed by atoms with van der Waals surface area (Å²) in [4.78, 5) is 38.0. The molecule has 2 heterocycles. The van der Waals surface area contributed by atoms with Gasteiger partial charge in [-0.15, -0.1) is 0 Å². The predicted octanol–water partition coefficient (Wildman–Crippen LogP) is 3.84. The van der Waals surface area contributed by atoms with Crippen LogP contribution in [0.15, 0.2) is 60.2 Å². The standard InChI is InChI=1S/C24H20N4O5S/c1-14-11-16(15(2)26(14)18-5-4-6-19(13-18)28(31)32)12-21-22(29)25-24(34)27(23(21)30)17-7-9-20(33-3)10-8-17/h4-13H,1-3H3,(H,25,29,34). The number of thiocarbonyl (C=S) groups is 1. The van der Waals surface area contributed by atoms with Crippen LogP contribution in [-0.4, -0.2) is 33.5 Å². The normalized spacial score (nSPS) is 15.0. The van der Waals surface area contributed by atoms with Crippen molar-refractivity contribution in [2.75, 3.05) is 12.0 Å². The Morgan fingerprint density at radius 2 is 1.76 bits per heavy atom. The van der Waals surface area contributed by atoms with E-state index in [1.165, 1.54) is 30.2 Å². The maximum absolute atomic E-state index is 13.3. The highest BCUT2D eigenvalue weighted by Crippen LogP contribution is 2.28. The summed E-state index contributed by atoms with van der Waals surface area (Å²) in [6.07, 6.45) is 1.51. The highest BCUT2D eigenvalue weighted by atomic mass is 32.1. The van der Waals surface area contributed by atoms with E-state index in [4.69, 9.17) is 17.0 Å². The number of nitrogens with zero attached hydrogens (tertiary/aromatic N) is 3. The number of nitrogens with one attached hydrogen (secondary N) is 1. The highest BCUT2D eigenvalue weighted by Gasteiger charge is 2.34. The third-order valence-corrected chi connectivity index (χ3v) is 5.79. The van der Waals surface area contributed by atoms with E-state index >= 15 is 0 Å². The van der Waals surface area contributed by atoms with E-state index in [-0.39, 0.29) is 16.4 Å². The molecule has 1 aliphatic heterocycles. The molecule has 2 amide bonds. The highest BCUT2D eigenvalue weighted by molar-refractivity contribution is 7.80. The second-order valence-electron chi connectivity index (χ2n) is 7.59. The number of aryl methyl sites for hydroxylation is 1. The Morgan fingerprint density at radius 1 is 1.06 bits per heavy atom. The third kappa shape index (κ3) is 4.06. The minimum Gasteiger partial charge on any atom is -0.497 e. The maximum atomic E-state index is 13.3. The number of nitro benzene ring substituents is 1. The average Bonchev–Trinajstić information content (AvgIpc) is 3.09. The molecule has 10 heteroatoms. The number of nitro groups is 1. The molecule has 0 atom stereocenters. The smallest absolute Gasteiger partial charge is 0.271 e. The summed E-state index contributed by atoms with van der Waals surface area (Å²) in [6, 6.07) is 14.8. The first-order valence-corrected chi connectivity index (χ1v) is 10.6. The lowest BCUT2D eigenvalue weighted by molar-refractivity contribution is -0.384. The van der Waals surface area contributed by atoms with Crippen LogP contribution in [0.25, 0.3) is 11.8 Å². The van der Waals surface area contributed by atoms with Crippen molar-refractivity contribution in [3.63, 3.8) is 0 Å². The van der Waals surface area contributed by atoms with Gasteiger partial charge in [0.05, 0.1) is 23.4 Å². The summed E-state index contributed by atoms with van der Waals surface area (Å²) in [6.45, 7) is 3.66. The number of non-ortho nitro benzene ring substituents is 1. The molecule has 0 radical (unpaired) electrons. The van der Waals surface area contributed by atoms with E-state index in [0.717, 1.165) is 11.4 Å². The maximum Gasteiger partial charge on any atom is 0.271 e. The van der Waals surface area contributed by atoms with Crippen molar-refractivity contribution in [1.82, 2.24) is 9.88 Å². The molecule has 172 valence electrons. The van der Waals surface area contributed by atoms with Gasteiger partial charge >= 0.3 is 0 Å². The molecular weight excluding hydrogens is 456 g/mol. The summed E-state index contributed by atoms with van der Waals surface area (Å²) in [7, 11) is 1.54. The number of hydrogen-bond donors (Lipinski definition) is 1. The number of anilines is 1. The molecule has 1 aromatic heterocycles. The fourth-order valence-corrected chi connectivity index (χ4v) is 4.14. The van der Waals surface area contributed by atoms with Gasteiger partial charge in [0.1, 0.15) is 11.3 Å². The fourth-order valence-electron chi connectivity index (χ4n) is 3.86. The van der Waals surface area contributed by atoms with Crippen LogP contribution in [0.1, 0.15) is 17.0 Å². The van der Waals surface area contributed by atoms with Gasteiger partial charge in [-0.1, -0.05) is 6.07 Å². The Kier molecular flexibility index (Phi) is 5.99. The van der Waals surface area contributed by atoms with Crippen molar-refractivity contribution >= 4 is 46.6 Å². The minimum atomic E-state index is -0.597. The third-order valence-electron chi connectivity index (χ3n) is 5.50. The first-order chi connectivity index (χ1) is 16.2. The summed E-state index contributed by atoms with van der Waals surface area (Å²) in [5, 5.41) is 13.7. The van der Waals surface area contributed by atoms with Gasteiger partial charge in [0.15, 0.2) is 5.11 Å². The zero-order valence-corrected chi connectivity index (χ0v) is 19.4. The predicted molar refractivity (Wildman–Crippen MR) is 131 cm³/mol. The van der Waals surface area contributed by atoms with E-state index in [0.29, 0.717) is 22.7 Å². The van der Waals surface area contributed by atoms with Gasteiger partial charge in [0.25, 0.3) is 17.5 Å². The van der Waals surface area contributed by atoms with Gasteiger partial charge in [-0.05, 0) is 74.1 Å². The molecule has 0 unspecified atom stereocenters. The van der Waals surface area contributed by atoms with Gasteiger partial charge < -0.3 is 9.30 Å². The van der Waals surface area contributed by atoms with Gasteiger partial charge in [-0.2, -0.15) is 0 Å². The van der Waals surface area contributed by atoms with Crippen molar-refractivity contribution in [3.05, 3.63) is 87.2 Å². The summed E-state index contributed by atoms with van der Waals surface area (Å²) in [5.74, 6) is -0.536. The molecule has 0 aliphatic carbocycles. The van der Waals surface area contributed by atoms with Crippen molar-refractivity contribution in [3.8, 4) is 11.4 Å². The number of methoxy groups -OCH3 is 1. The van der Waals surface area contributed by atoms with Gasteiger partial charge in [-0.25, -0.2) is 0 Å². The molecule has 34 heavy (non-hydrogen) atoms. The minimum absolute atomic E-state index is 0.0145. The van der Waals surface area contributed by atoms with Gasteiger partial charge in [0, 0.05) is 23.5 Å². The molecule has 1 saturated heterocycles. The number of benzene rings is 2. The molecule has 1 fully saturated rings. The van der Waals surface area contributed by atoms with E-state index in [1.54, 1.807) is 36.4 Å². The van der Waals surface area contributed by atoms with Crippen molar-refractivity contribution in [1.29, 1.82) is 0 Å². The lowest BCUT2D eigenvalue weighted by atomic mass is 10.1. The monoisotopic (exact) mass is 476 g/mol. The SMILES string of the molecule is COc1ccc(N2C(=O)C(=Cc3cc(C)n(-c4cccc([N+](=O)[O-])c4)c3C)C(=O)NC2=S)cc1. The van der Waals surface area contributed by atoms with Crippen molar-refractivity contribution in [2.24, 2.45) is 0 Å². The average molecular weight is 477 g/mol. The second kappa shape index (κ2) is 8.91. The lowest BCUT2D eigenvalue weighted by Gasteiger charge is -2.29. The number of rotatable bonds is 5. The first-order valence-electron chi connectivity index (χ1n) is 10.2. The molecule has 2 aromatic carbocycles. The Morgan fingerprint density at radius 3 is 2.41 bits per heavy atom. The van der Waals surface area contributed by atoms with Crippen LogP contribution in [0.5, 0.6) is 5.75 Å². The molecular formula is C24H20N4O5S. The number of carbonyl (C=O) groups is 2. The quantitative estimate of drug-likeness (QED) is 0.197.